The van der Waals surface area contributed by atoms with E-state index in [0.717, 1.165) is 19.3 Å². The monoisotopic (exact) mass is 364 g/mol. The van der Waals surface area contributed by atoms with E-state index >= 15 is 0 Å². The molecule has 3 rings (SSSR count). The van der Waals surface area contributed by atoms with Gasteiger partial charge in [-0.1, -0.05) is 26.0 Å². The molecule has 0 amide bonds. The number of hydrogen-bond donors (Lipinski definition) is 2. The SMILES string of the molecule is C=C1CC[C@@H]2[C@](C)(CO)[C@H](O)CC[C@@]2(C)[C@@H]1C[C@@H](OC)C1=CCOC1=O. The van der Waals surface area contributed by atoms with Crippen LogP contribution in [0.4, 0.5) is 0 Å². The van der Waals surface area contributed by atoms with E-state index < -0.39 is 11.5 Å². The molecular weight excluding hydrogens is 332 g/mol. The van der Waals surface area contributed by atoms with Crippen molar-refractivity contribution in [1.29, 1.82) is 0 Å². The number of allylic oxidation sites excluding steroid dienone is 1. The van der Waals surface area contributed by atoms with Crippen LogP contribution in [-0.2, 0) is 14.3 Å². The van der Waals surface area contributed by atoms with Gasteiger partial charge in [-0.15, -0.1) is 0 Å². The van der Waals surface area contributed by atoms with Gasteiger partial charge in [0.05, 0.1) is 24.4 Å². The summed E-state index contributed by atoms with van der Waals surface area (Å²) in [6, 6.07) is 0. The molecule has 146 valence electrons. The molecule has 2 N–H and O–H groups in total. The van der Waals surface area contributed by atoms with Gasteiger partial charge in [-0.25, -0.2) is 4.79 Å². The smallest absolute Gasteiger partial charge is 0.336 e. The zero-order valence-corrected chi connectivity index (χ0v) is 16.2. The van der Waals surface area contributed by atoms with Crippen molar-refractivity contribution in [1.82, 2.24) is 0 Å². The molecule has 5 heteroatoms. The van der Waals surface area contributed by atoms with Gasteiger partial charge in [0.25, 0.3) is 0 Å². The van der Waals surface area contributed by atoms with Crippen LogP contribution in [0.2, 0.25) is 0 Å². The first-order valence-corrected chi connectivity index (χ1v) is 9.64. The summed E-state index contributed by atoms with van der Waals surface area (Å²) in [5.41, 5.74) is 1.22. The third-order valence-corrected chi connectivity index (χ3v) is 7.53. The highest BCUT2D eigenvalue weighted by Crippen LogP contribution is 2.62. The number of aliphatic hydroxyl groups excluding tert-OH is 2. The predicted octanol–water partition coefficient (Wildman–Crippen LogP) is 2.62. The molecule has 0 bridgehead atoms. The average molecular weight is 364 g/mol. The van der Waals surface area contributed by atoms with Crippen molar-refractivity contribution in [3.05, 3.63) is 23.8 Å². The molecule has 2 fully saturated rings. The number of hydrogen-bond acceptors (Lipinski definition) is 5. The van der Waals surface area contributed by atoms with E-state index in [1.807, 2.05) is 13.0 Å². The fourth-order valence-electron chi connectivity index (χ4n) is 5.84. The van der Waals surface area contributed by atoms with Crippen LogP contribution in [0.1, 0.15) is 46.0 Å². The number of ether oxygens (including phenoxy) is 2. The van der Waals surface area contributed by atoms with Crippen molar-refractivity contribution in [2.24, 2.45) is 22.7 Å². The van der Waals surface area contributed by atoms with Crippen LogP contribution < -0.4 is 0 Å². The molecule has 2 aliphatic carbocycles. The first-order chi connectivity index (χ1) is 12.3. The molecule has 0 spiro atoms. The van der Waals surface area contributed by atoms with Crippen LogP contribution >= 0.6 is 0 Å². The Morgan fingerprint density at radius 3 is 2.73 bits per heavy atom. The van der Waals surface area contributed by atoms with Gasteiger partial charge in [0.15, 0.2) is 0 Å². The highest BCUT2D eigenvalue weighted by molar-refractivity contribution is 5.91. The lowest BCUT2D eigenvalue weighted by Gasteiger charge is -2.60. The van der Waals surface area contributed by atoms with E-state index in [2.05, 4.69) is 13.5 Å². The van der Waals surface area contributed by atoms with Crippen molar-refractivity contribution in [2.75, 3.05) is 20.3 Å². The molecule has 1 heterocycles. The minimum absolute atomic E-state index is 0.0151. The zero-order valence-electron chi connectivity index (χ0n) is 16.2. The first kappa shape index (κ1) is 19.6. The number of esters is 1. The van der Waals surface area contributed by atoms with Gasteiger partial charge < -0.3 is 19.7 Å². The fourth-order valence-corrected chi connectivity index (χ4v) is 5.84. The molecule has 0 saturated heterocycles. The molecule has 6 atom stereocenters. The molecule has 0 aromatic heterocycles. The molecule has 5 nitrogen and oxygen atoms in total. The third kappa shape index (κ3) is 2.94. The van der Waals surface area contributed by atoms with Crippen LogP contribution in [0.15, 0.2) is 23.8 Å². The van der Waals surface area contributed by atoms with Crippen LogP contribution in [0.3, 0.4) is 0 Å². The molecular formula is C21H32O5. The van der Waals surface area contributed by atoms with Gasteiger partial charge in [-0.2, -0.15) is 0 Å². The second-order valence-corrected chi connectivity index (χ2v) is 8.74. The van der Waals surface area contributed by atoms with E-state index in [4.69, 9.17) is 9.47 Å². The molecule has 0 aromatic carbocycles. The van der Waals surface area contributed by atoms with Gasteiger partial charge in [0, 0.05) is 12.5 Å². The Hall–Kier alpha value is -1.17. The van der Waals surface area contributed by atoms with Crippen LogP contribution in [0.5, 0.6) is 0 Å². The summed E-state index contributed by atoms with van der Waals surface area (Å²) in [7, 11) is 1.63. The number of cyclic esters (lactones) is 1. The van der Waals surface area contributed by atoms with Gasteiger partial charge >= 0.3 is 5.97 Å². The molecule has 26 heavy (non-hydrogen) atoms. The minimum Gasteiger partial charge on any atom is -0.458 e. The Morgan fingerprint density at radius 1 is 1.42 bits per heavy atom. The Bertz CT molecular complexity index is 612. The van der Waals surface area contributed by atoms with Crippen molar-refractivity contribution in [3.63, 3.8) is 0 Å². The number of aliphatic hydroxyl groups is 2. The van der Waals surface area contributed by atoms with Gasteiger partial charge in [0.1, 0.15) is 6.61 Å². The quantitative estimate of drug-likeness (QED) is 0.579. The Labute approximate surface area is 156 Å². The zero-order chi connectivity index (χ0) is 19.1. The summed E-state index contributed by atoms with van der Waals surface area (Å²) in [4.78, 5) is 12.0. The van der Waals surface area contributed by atoms with E-state index in [1.165, 1.54) is 5.57 Å². The minimum atomic E-state index is -0.500. The summed E-state index contributed by atoms with van der Waals surface area (Å²) in [5.74, 6) is 0.0966. The van der Waals surface area contributed by atoms with Crippen molar-refractivity contribution in [3.8, 4) is 0 Å². The van der Waals surface area contributed by atoms with Gasteiger partial charge in [-0.05, 0) is 55.4 Å². The molecule has 3 aliphatic rings. The number of carbonyl (C=O) groups excluding carboxylic acids is 1. The molecule has 0 radical (unpaired) electrons. The largest absolute Gasteiger partial charge is 0.458 e. The Kier molecular flexibility index (Phi) is 5.35. The van der Waals surface area contributed by atoms with E-state index in [9.17, 15) is 15.0 Å². The van der Waals surface area contributed by atoms with E-state index in [1.54, 1.807) is 7.11 Å². The lowest BCUT2D eigenvalue weighted by atomic mass is 9.46. The van der Waals surface area contributed by atoms with E-state index in [-0.39, 0.29) is 35.9 Å². The van der Waals surface area contributed by atoms with E-state index in [0.29, 0.717) is 25.0 Å². The maximum absolute atomic E-state index is 12.0. The van der Waals surface area contributed by atoms with Crippen LogP contribution in [-0.4, -0.2) is 48.7 Å². The van der Waals surface area contributed by atoms with Crippen molar-refractivity contribution in [2.45, 2.75) is 58.2 Å². The fraction of sp³-hybridized carbons (Fsp3) is 0.762. The predicted molar refractivity (Wildman–Crippen MR) is 98.4 cm³/mol. The van der Waals surface area contributed by atoms with Crippen LogP contribution in [0.25, 0.3) is 0 Å². The van der Waals surface area contributed by atoms with Crippen molar-refractivity contribution >= 4 is 5.97 Å². The highest BCUT2D eigenvalue weighted by atomic mass is 16.5. The summed E-state index contributed by atoms with van der Waals surface area (Å²) in [6.45, 7) is 8.91. The standard InChI is InChI=1S/C21H32O5/c1-13-5-6-17-20(2,9-7-18(23)21(17,3)12-22)15(13)11-16(25-4)14-8-10-26-19(14)24/h8,15-18,22-23H,1,5-7,9-12H2,2-4H3/t15-,16-,17+,18-,20+,21+/m1/s1. The molecule has 1 aliphatic heterocycles. The molecule has 2 saturated carbocycles. The number of rotatable bonds is 5. The summed E-state index contributed by atoms with van der Waals surface area (Å²) in [6.07, 6.45) is 5.08. The summed E-state index contributed by atoms with van der Waals surface area (Å²) in [5, 5.41) is 20.7. The number of fused-ring (bicyclic) bond motifs is 1. The normalized spacial score (nSPS) is 41.4. The second kappa shape index (κ2) is 7.10. The Morgan fingerprint density at radius 2 is 2.15 bits per heavy atom. The van der Waals surface area contributed by atoms with Gasteiger partial charge in [-0.3, -0.25) is 0 Å². The Balaban J connectivity index is 1.90. The maximum Gasteiger partial charge on any atom is 0.336 e. The average Bonchev–Trinajstić information content (AvgIpc) is 3.04. The topological polar surface area (TPSA) is 76.0 Å². The highest BCUT2D eigenvalue weighted by Gasteiger charge is 2.58. The second-order valence-electron chi connectivity index (χ2n) is 8.74. The van der Waals surface area contributed by atoms with Crippen molar-refractivity contribution < 1.29 is 24.5 Å². The lowest BCUT2D eigenvalue weighted by molar-refractivity contribution is -0.155. The third-order valence-electron chi connectivity index (χ3n) is 7.53. The molecule has 0 aromatic rings. The van der Waals surface area contributed by atoms with Crippen LogP contribution in [0, 0.1) is 22.7 Å². The lowest BCUT2D eigenvalue weighted by Crippen LogP contribution is -2.57. The number of methoxy groups -OCH3 is 1. The maximum atomic E-state index is 12.0. The summed E-state index contributed by atoms with van der Waals surface area (Å²) < 4.78 is 10.7. The number of carbonyl (C=O) groups is 1. The molecule has 0 unspecified atom stereocenters. The first-order valence-electron chi connectivity index (χ1n) is 9.64. The summed E-state index contributed by atoms with van der Waals surface area (Å²) >= 11 is 0. The van der Waals surface area contributed by atoms with Gasteiger partial charge in [0.2, 0.25) is 0 Å².